The number of likely N-dealkylation sites (N-methyl/N-ethyl adjacent to an activating group) is 1. The van der Waals surface area contributed by atoms with Crippen LogP contribution in [-0.4, -0.2) is 31.1 Å². The lowest BCUT2D eigenvalue weighted by Gasteiger charge is -2.19. The Morgan fingerprint density at radius 1 is 1.56 bits per heavy atom. The molecule has 0 radical (unpaired) electrons. The number of hydrogen-bond acceptors (Lipinski definition) is 3. The molecule has 0 spiro atoms. The predicted octanol–water partition coefficient (Wildman–Crippen LogP) is 1.88. The molecule has 1 atom stereocenters. The first-order valence-corrected chi connectivity index (χ1v) is 5.55. The maximum Gasteiger partial charge on any atom is 0.167 e. The second-order valence-corrected chi connectivity index (χ2v) is 4.28. The molecule has 4 heteroatoms. The van der Waals surface area contributed by atoms with Gasteiger partial charge in [0.1, 0.15) is 6.61 Å². The Labute approximate surface area is 95.0 Å². The molecule has 0 amide bonds. The second-order valence-electron chi connectivity index (χ2n) is 4.28. The van der Waals surface area contributed by atoms with E-state index < -0.39 is 0 Å². The van der Waals surface area contributed by atoms with Gasteiger partial charge in [0.25, 0.3) is 0 Å². The van der Waals surface area contributed by atoms with Gasteiger partial charge in [-0.1, -0.05) is 0 Å². The zero-order chi connectivity index (χ0) is 11.5. The normalized spacial score (nSPS) is 21.2. The summed E-state index contributed by atoms with van der Waals surface area (Å²) in [5.41, 5.74) is 5.88. The van der Waals surface area contributed by atoms with Gasteiger partial charge >= 0.3 is 0 Å². The third kappa shape index (κ3) is 2.44. The monoisotopic (exact) mass is 224 g/mol. The smallest absolute Gasteiger partial charge is 0.167 e. The zero-order valence-corrected chi connectivity index (χ0v) is 9.45. The van der Waals surface area contributed by atoms with E-state index in [4.69, 9.17) is 10.5 Å². The third-order valence-corrected chi connectivity index (χ3v) is 3.06. The maximum absolute atomic E-state index is 13.4. The number of likely N-dealkylation sites (tertiary alicyclic amines) is 1. The van der Waals surface area contributed by atoms with E-state index in [0.717, 1.165) is 13.0 Å². The zero-order valence-electron chi connectivity index (χ0n) is 9.45. The van der Waals surface area contributed by atoms with Gasteiger partial charge in [-0.05, 0) is 38.6 Å². The number of hydrogen-bond donors (Lipinski definition) is 1. The van der Waals surface area contributed by atoms with E-state index in [2.05, 4.69) is 11.9 Å². The average Bonchev–Trinajstić information content (AvgIpc) is 2.63. The number of nitrogen functional groups attached to an aromatic ring is 1. The summed E-state index contributed by atoms with van der Waals surface area (Å²) in [5, 5.41) is 0. The number of nitrogens with zero attached hydrogens (tertiary/aromatic N) is 1. The predicted molar refractivity (Wildman–Crippen MR) is 62.0 cm³/mol. The van der Waals surface area contributed by atoms with Crippen LogP contribution < -0.4 is 10.5 Å². The number of nitrogens with two attached hydrogens (primary N) is 1. The highest BCUT2D eigenvalue weighted by Gasteiger charge is 2.21. The SMILES string of the molecule is CN1CCC[C@H]1COc1ccc(N)cc1F. The summed E-state index contributed by atoms with van der Waals surface area (Å²) in [7, 11) is 2.07. The average molecular weight is 224 g/mol. The third-order valence-electron chi connectivity index (χ3n) is 3.06. The molecule has 1 fully saturated rings. The first-order chi connectivity index (χ1) is 7.66. The lowest BCUT2D eigenvalue weighted by Crippen LogP contribution is -2.30. The molecule has 0 aliphatic carbocycles. The van der Waals surface area contributed by atoms with E-state index in [0.29, 0.717) is 18.3 Å². The summed E-state index contributed by atoms with van der Waals surface area (Å²) < 4.78 is 18.9. The van der Waals surface area contributed by atoms with Crippen LogP contribution in [0.1, 0.15) is 12.8 Å². The van der Waals surface area contributed by atoms with Crippen LogP contribution in [0.3, 0.4) is 0 Å². The van der Waals surface area contributed by atoms with Crippen LogP contribution in [-0.2, 0) is 0 Å². The van der Waals surface area contributed by atoms with Crippen molar-refractivity contribution < 1.29 is 9.13 Å². The van der Waals surface area contributed by atoms with Crippen molar-refractivity contribution in [3.63, 3.8) is 0 Å². The van der Waals surface area contributed by atoms with Crippen LogP contribution in [0.25, 0.3) is 0 Å². The minimum atomic E-state index is -0.388. The van der Waals surface area contributed by atoms with Crippen LogP contribution >= 0.6 is 0 Å². The maximum atomic E-state index is 13.4. The molecule has 0 aromatic heterocycles. The first kappa shape index (κ1) is 11.2. The fraction of sp³-hybridized carbons (Fsp3) is 0.500. The van der Waals surface area contributed by atoms with Crippen molar-refractivity contribution in [3.05, 3.63) is 24.0 Å². The van der Waals surface area contributed by atoms with E-state index in [9.17, 15) is 4.39 Å². The summed E-state index contributed by atoms with van der Waals surface area (Å²) in [4.78, 5) is 2.25. The number of anilines is 1. The lowest BCUT2D eigenvalue weighted by molar-refractivity contribution is 0.193. The molecule has 3 nitrogen and oxygen atoms in total. The number of benzene rings is 1. The van der Waals surface area contributed by atoms with Crippen LogP contribution in [0, 0.1) is 5.82 Å². The Hall–Kier alpha value is -1.29. The minimum absolute atomic E-state index is 0.287. The van der Waals surface area contributed by atoms with Crippen molar-refractivity contribution in [2.24, 2.45) is 0 Å². The molecule has 1 aliphatic heterocycles. The number of halogens is 1. The summed E-state index contributed by atoms with van der Waals surface area (Å²) >= 11 is 0. The van der Waals surface area contributed by atoms with Crippen molar-refractivity contribution in [2.75, 3.05) is 25.9 Å². The van der Waals surface area contributed by atoms with Crippen molar-refractivity contribution in [1.82, 2.24) is 4.90 Å². The fourth-order valence-corrected chi connectivity index (χ4v) is 2.01. The van der Waals surface area contributed by atoms with Crippen molar-refractivity contribution >= 4 is 5.69 Å². The lowest BCUT2D eigenvalue weighted by atomic mass is 10.2. The van der Waals surface area contributed by atoms with E-state index in [-0.39, 0.29) is 11.6 Å². The molecule has 0 unspecified atom stereocenters. The Kier molecular flexibility index (Phi) is 3.29. The number of ether oxygens (including phenoxy) is 1. The molecular weight excluding hydrogens is 207 g/mol. The van der Waals surface area contributed by atoms with Gasteiger partial charge in [-0.3, -0.25) is 0 Å². The Morgan fingerprint density at radius 2 is 2.38 bits per heavy atom. The first-order valence-electron chi connectivity index (χ1n) is 5.55. The van der Waals surface area contributed by atoms with Gasteiger partial charge in [0.05, 0.1) is 0 Å². The van der Waals surface area contributed by atoms with Crippen LogP contribution in [0.5, 0.6) is 5.75 Å². The molecule has 1 aromatic carbocycles. The molecule has 2 rings (SSSR count). The van der Waals surface area contributed by atoms with Gasteiger partial charge in [0, 0.05) is 17.8 Å². The quantitative estimate of drug-likeness (QED) is 0.797. The largest absolute Gasteiger partial charge is 0.489 e. The van der Waals surface area contributed by atoms with Crippen molar-refractivity contribution in [2.45, 2.75) is 18.9 Å². The highest BCUT2D eigenvalue weighted by Crippen LogP contribution is 2.21. The molecule has 0 saturated carbocycles. The Bertz CT molecular complexity index is 370. The highest BCUT2D eigenvalue weighted by atomic mass is 19.1. The van der Waals surface area contributed by atoms with Gasteiger partial charge in [0.15, 0.2) is 11.6 Å². The fourth-order valence-electron chi connectivity index (χ4n) is 2.01. The topological polar surface area (TPSA) is 38.5 Å². The van der Waals surface area contributed by atoms with Crippen LogP contribution in [0.2, 0.25) is 0 Å². The molecule has 16 heavy (non-hydrogen) atoms. The van der Waals surface area contributed by atoms with Gasteiger partial charge in [-0.2, -0.15) is 0 Å². The molecule has 1 aliphatic rings. The molecular formula is C12H17FN2O. The minimum Gasteiger partial charge on any atom is -0.489 e. The van der Waals surface area contributed by atoms with E-state index >= 15 is 0 Å². The summed E-state index contributed by atoms with van der Waals surface area (Å²) in [5.74, 6) is -0.102. The molecule has 1 saturated heterocycles. The van der Waals surface area contributed by atoms with Gasteiger partial charge in [-0.15, -0.1) is 0 Å². The molecule has 1 aromatic rings. The van der Waals surface area contributed by atoms with Gasteiger partial charge in [0.2, 0.25) is 0 Å². The molecule has 2 N–H and O–H groups in total. The number of rotatable bonds is 3. The van der Waals surface area contributed by atoms with E-state index in [1.54, 1.807) is 12.1 Å². The van der Waals surface area contributed by atoms with Gasteiger partial charge in [-0.25, -0.2) is 4.39 Å². The summed E-state index contributed by atoms with van der Waals surface area (Å²) in [6.45, 7) is 1.63. The summed E-state index contributed by atoms with van der Waals surface area (Å²) in [6.07, 6.45) is 2.31. The van der Waals surface area contributed by atoms with E-state index in [1.807, 2.05) is 0 Å². The molecule has 88 valence electrons. The standard InChI is InChI=1S/C12H17FN2O/c1-15-6-2-3-10(15)8-16-12-5-4-9(14)7-11(12)13/h4-5,7,10H,2-3,6,8,14H2,1H3/t10-/m0/s1. The molecule has 0 bridgehead atoms. The van der Waals surface area contributed by atoms with Crippen molar-refractivity contribution in [1.29, 1.82) is 0 Å². The van der Waals surface area contributed by atoms with Crippen LogP contribution in [0.15, 0.2) is 18.2 Å². The summed E-state index contributed by atoms with van der Waals surface area (Å²) in [6, 6.07) is 4.92. The Balaban J connectivity index is 1.94. The van der Waals surface area contributed by atoms with Crippen LogP contribution in [0.4, 0.5) is 10.1 Å². The Morgan fingerprint density at radius 3 is 3.00 bits per heavy atom. The molecule has 1 heterocycles. The van der Waals surface area contributed by atoms with Crippen molar-refractivity contribution in [3.8, 4) is 5.75 Å². The highest BCUT2D eigenvalue weighted by molar-refractivity contribution is 5.42. The van der Waals surface area contributed by atoms with Gasteiger partial charge < -0.3 is 15.4 Å². The van der Waals surface area contributed by atoms with E-state index in [1.165, 1.54) is 12.5 Å². The second kappa shape index (κ2) is 4.70.